The molecule has 1 amide bonds. The molecule has 0 saturated carbocycles. The molecule has 27 heavy (non-hydrogen) atoms. The van der Waals surface area contributed by atoms with Crippen molar-refractivity contribution < 1.29 is 9.53 Å². The first-order valence-electron chi connectivity index (χ1n) is 9.20. The van der Waals surface area contributed by atoms with Crippen LogP contribution in [-0.4, -0.2) is 45.2 Å². The summed E-state index contributed by atoms with van der Waals surface area (Å²) >= 11 is 0. The first-order chi connectivity index (χ1) is 13.3. The number of H-pyrrole nitrogens is 1. The average Bonchev–Trinajstić information content (AvgIpc) is 3.28. The van der Waals surface area contributed by atoms with Crippen LogP contribution in [0.2, 0.25) is 0 Å². The first-order valence-corrected chi connectivity index (χ1v) is 9.20. The van der Waals surface area contributed by atoms with Crippen molar-refractivity contribution in [3.05, 3.63) is 72.2 Å². The molecule has 1 unspecified atom stereocenters. The van der Waals surface area contributed by atoms with Gasteiger partial charge in [0, 0.05) is 31.0 Å². The van der Waals surface area contributed by atoms with Gasteiger partial charge in [-0.3, -0.25) is 14.9 Å². The van der Waals surface area contributed by atoms with Gasteiger partial charge in [-0.25, -0.2) is 0 Å². The molecule has 1 aliphatic rings. The fourth-order valence-electron chi connectivity index (χ4n) is 3.34. The van der Waals surface area contributed by atoms with E-state index in [2.05, 4.69) is 15.2 Å². The molecule has 138 valence electrons. The Morgan fingerprint density at radius 3 is 2.78 bits per heavy atom. The molecule has 1 saturated heterocycles. The van der Waals surface area contributed by atoms with E-state index in [1.807, 2.05) is 53.4 Å². The maximum atomic E-state index is 12.9. The molecule has 6 nitrogen and oxygen atoms in total. The Kier molecular flexibility index (Phi) is 5.25. The van der Waals surface area contributed by atoms with E-state index < -0.39 is 0 Å². The van der Waals surface area contributed by atoms with Crippen LogP contribution in [0.3, 0.4) is 0 Å². The molecule has 1 fully saturated rings. The van der Waals surface area contributed by atoms with Crippen molar-refractivity contribution in [2.75, 3.05) is 13.1 Å². The third-order valence-corrected chi connectivity index (χ3v) is 4.80. The predicted molar refractivity (Wildman–Crippen MR) is 102 cm³/mol. The maximum absolute atomic E-state index is 12.9. The summed E-state index contributed by atoms with van der Waals surface area (Å²) in [4.78, 5) is 19.0. The average molecular weight is 362 g/mol. The highest BCUT2D eigenvalue weighted by molar-refractivity contribution is 5.94. The second-order valence-electron chi connectivity index (χ2n) is 6.70. The van der Waals surface area contributed by atoms with Gasteiger partial charge in [0.25, 0.3) is 5.91 Å². The van der Waals surface area contributed by atoms with Crippen LogP contribution in [0.15, 0.2) is 60.9 Å². The molecule has 0 spiro atoms. The lowest BCUT2D eigenvalue weighted by Gasteiger charge is -2.32. The number of nitrogens with zero attached hydrogens (tertiary/aromatic N) is 3. The van der Waals surface area contributed by atoms with Gasteiger partial charge in [-0.1, -0.05) is 18.2 Å². The number of aromatic amines is 1. The van der Waals surface area contributed by atoms with E-state index in [1.54, 1.807) is 12.4 Å². The number of aromatic nitrogens is 3. The van der Waals surface area contributed by atoms with Gasteiger partial charge in [-0.15, -0.1) is 0 Å². The van der Waals surface area contributed by atoms with Crippen LogP contribution in [0.5, 0.6) is 0 Å². The van der Waals surface area contributed by atoms with Crippen LogP contribution < -0.4 is 0 Å². The van der Waals surface area contributed by atoms with Crippen molar-refractivity contribution in [1.82, 2.24) is 20.1 Å². The Morgan fingerprint density at radius 1 is 1.15 bits per heavy atom. The number of ether oxygens (including phenoxy) is 1. The summed E-state index contributed by atoms with van der Waals surface area (Å²) < 4.78 is 5.99. The molecule has 1 aliphatic heterocycles. The lowest BCUT2D eigenvalue weighted by Crippen LogP contribution is -2.43. The van der Waals surface area contributed by atoms with Gasteiger partial charge in [0.05, 0.1) is 24.1 Å². The fourth-order valence-corrected chi connectivity index (χ4v) is 3.34. The molecule has 3 aromatic rings. The van der Waals surface area contributed by atoms with Gasteiger partial charge in [0.15, 0.2) is 0 Å². The topological polar surface area (TPSA) is 71.1 Å². The Balaban J connectivity index is 1.36. The number of hydrogen-bond donors (Lipinski definition) is 1. The number of benzene rings is 1. The van der Waals surface area contributed by atoms with E-state index >= 15 is 0 Å². The third-order valence-electron chi connectivity index (χ3n) is 4.80. The van der Waals surface area contributed by atoms with Crippen LogP contribution in [-0.2, 0) is 11.3 Å². The summed E-state index contributed by atoms with van der Waals surface area (Å²) in [5.41, 5.74) is 3.56. The lowest BCUT2D eigenvalue weighted by atomic mass is 10.0. The molecule has 2 aromatic heterocycles. The smallest absolute Gasteiger partial charge is 0.253 e. The number of amides is 1. The minimum Gasteiger partial charge on any atom is -0.370 e. The molecule has 1 N–H and O–H groups in total. The highest BCUT2D eigenvalue weighted by Gasteiger charge is 2.25. The molecule has 1 aromatic carbocycles. The minimum atomic E-state index is 0.0500. The Bertz CT molecular complexity index is 863. The van der Waals surface area contributed by atoms with Gasteiger partial charge >= 0.3 is 0 Å². The summed E-state index contributed by atoms with van der Waals surface area (Å²) in [6, 6.07) is 15.3. The Hall–Kier alpha value is -2.99. The van der Waals surface area contributed by atoms with E-state index in [0.29, 0.717) is 18.7 Å². The molecule has 0 radical (unpaired) electrons. The van der Waals surface area contributed by atoms with Gasteiger partial charge in [0.1, 0.15) is 0 Å². The highest BCUT2D eigenvalue weighted by atomic mass is 16.5. The monoisotopic (exact) mass is 362 g/mol. The molecule has 0 aliphatic carbocycles. The molecule has 0 bridgehead atoms. The van der Waals surface area contributed by atoms with Gasteiger partial charge in [0.2, 0.25) is 0 Å². The quantitative estimate of drug-likeness (QED) is 0.756. The summed E-state index contributed by atoms with van der Waals surface area (Å²) in [6.07, 6.45) is 5.45. The van der Waals surface area contributed by atoms with Crippen molar-refractivity contribution in [3.63, 3.8) is 0 Å². The molecular weight excluding hydrogens is 340 g/mol. The normalized spacial score (nSPS) is 17.0. The number of likely N-dealkylation sites (tertiary alicyclic amines) is 1. The van der Waals surface area contributed by atoms with Crippen molar-refractivity contribution in [1.29, 1.82) is 0 Å². The maximum Gasteiger partial charge on any atom is 0.253 e. The number of carbonyl (C=O) groups excluding carboxylic acids is 1. The van der Waals surface area contributed by atoms with E-state index in [0.717, 1.165) is 36.3 Å². The van der Waals surface area contributed by atoms with E-state index in [1.165, 1.54) is 0 Å². The number of carbonyl (C=O) groups is 1. The number of piperidine rings is 1. The van der Waals surface area contributed by atoms with Crippen molar-refractivity contribution in [2.24, 2.45) is 0 Å². The van der Waals surface area contributed by atoms with E-state index in [-0.39, 0.29) is 12.0 Å². The second-order valence-corrected chi connectivity index (χ2v) is 6.70. The van der Waals surface area contributed by atoms with Crippen LogP contribution in [0.4, 0.5) is 0 Å². The van der Waals surface area contributed by atoms with E-state index in [9.17, 15) is 4.79 Å². The molecule has 1 atom stereocenters. The third kappa shape index (κ3) is 4.23. The number of rotatable bonds is 5. The van der Waals surface area contributed by atoms with E-state index in [4.69, 9.17) is 4.74 Å². The van der Waals surface area contributed by atoms with Crippen LogP contribution in [0.25, 0.3) is 11.3 Å². The van der Waals surface area contributed by atoms with Crippen LogP contribution >= 0.6 is 0 Å². The van der Waals surface area contributed by atoms with Crippen LogP contribution in [0.1, 0.15) is 28.9 Å². The molecule has 6 heteroatoms. The number of pyridine rings is 1. The van der Waals surface area contributed by atoms with Crippen LogP contribution in [0, 0.1) is 0 Å². The highest BCUT2D eigenvalue weighted by Crippen LogP contribution is 2.20. The van der Waals surface area contributed by atoms with Gasteiger partial charge in [-0.05, 0) is 48.7 Å². The van der Waals surface area contributed by atoms with Gasteiger partial charge < -0.3 is 9.64 Å². The summed E-state index contributed by atoms with van der Waals surface area (Å²) in [5.74, 6) is 0.0531. The number of hydrogen-bond acceptors (Lipinski definition) is 4. The number of nitrogens with one attached hydrogen (secondary N) is 1. The zero-order valence-corrected chi connectivity index (χ0v) is 15.0. The summed E-state index contributed by atoms with van der Waals surface area (Å²) in [7, 11) is 0. The minimum absolute atomic E-state index is 0.0500. The Morgan fingerprint density at radius 2 is 2.04 bits per heavy atom. The zero-order valence-electron chi connectivity index (χ0n) is 15.0. The lowest BCUT2D eigenvalue weighted by molar-refractivity contribution is -0.00785. The fraction of sp³-hybridized carbons (Fsp3) is 0.286. The largest absolute Gasteiger partial charge is 0.370 e. The predicted octanol–water partition coefficient (Wildman–Crippen LogP) is 3.29. The molecular formula is C21H22N4O2. The summed E-state index contributed by atoms with van der Waals surface area (Å²) in [6.45, 7) is 1.87. The zero-order chi connectivity index (χ0) is 18.5. The Labute approximate surface area is 158 Å². The summed E-state index contributed by atoms with van der Waals surface area (Å²) in [5, 5.41) is 6.89. The molecule has 4 rings (SSSR count). The first kappa shape index (κ1) is 17.4. The van der Waals surface area contributed by atoms with Crippen molar-refractivity contribution >= 4 is 5.91 Å². The molecule has 3 heterocycles. The van der Waals surface area contributed by atoms with Crippen molar-refractivity contribution in [2.45, 2.75) is 25.6 Å². The van der Waals surface area contributed by atoms with Gasteiger partial charge in [-0.2, -0.15) is 5.10 Å². The van der Waals surface area contributed by atoms with Crippen molar-refractivity contribution in [3.8, 4) is 11.3 Å². The SMILES string of the molecule is O=C(c1ccc(-c2ccn[nH]2)cc1)N1CCCC(OCc2ccccn2)C1. The second kappa shape index (κ2) is 8.14. The standard InChI is InChI=1S/C21H22N4O2/c26-21(17-8-6-16(7-9-17)20-10-12-23-24-20)25-13-3-5-19(14-25)27-15-18-4-1-2-11-22-18/h1-2,4,6-12,19H,3,5,13-15H2,(H,23,24).